The molecule has 1 fully saturated rings. The van der Waals surface area contributed by atoms with Gasteiger partial charge < -0.3 is 24.0 Å². The number of methoxy groups -OCH3 is 1. The summed E-state index contributed by atoms with van der Waals surface area (Å²) in [5.41, 5.74) is 2.22. The van der Waals surface area contributed by atoms with Gasteiger partial charge in [-0.05, 0) is 50.3 Å². The first-order valence-electron chi connectivity index (χ1n) is 11.9. The van der Waals surface area contributed by atoms with Crippen LogP contribution in [0.15, 0.2) is 75.7 Å². The zero-order valence-corrected chi connectivity index (χ0v) is 21.5. The van der Waals surface area contributed by atoms with Crippen molar-refractivity contribution < 1.29 is 23.9 Å². The molecule has 1 aliphatic rings. The lowest BCUT2D eigenvalue weighted by molar-refractivity contribution is 0.109. The minimum absolute atomic E-state index is 0.0173. The van der Waals surface area contributed by atoms with Gasteiger partial charge >= 0.3 is 6.09 Å². The molecule has 8 heteroatoms. The molecule has 2 heterocycles. The fraction of sp³-hybridized carbons (Fsp3) is 0.286. The van der Waals surface area contributed by atoms with Crippen LogP contribution in [0.1, 0.15) is 47.3 Å². The fourth-order valence-corrected chi connectivity index (χ4v) is 5.45. The van der Waals surface area contributed by atoms with E-state index in [-0.39, 0.29) is 17.9 Å². The minimum Gasteiger partial charge on any atom is -0.470 e. The Kier molecular flexibility index (Phi) is 7.25. The molecule has 1 amide bonds. The zero-order valence-electron chi connectivity index (χ0n) is 19.9. The number of aliphatic hydroxyl groups excluding tert-OH is 1. The van der Waals surface area contributed by atoms with Gasteiger partial charge in [0.1, 0.15) is 18.5 Å². The van der Waals surface area contributed by atoms with Gasteiger partial charge in [-0.1, -0.05) is 66.7 Å². The summed E-state index contributed by atoms with van der Waals surface area (Å²) in [5, 5.41) is 18.0. The van der Waals surface area contributed by atoms with Crippen LogP contribution < -0.4 is 4.74 Å². The third-order valence-corrected chi connectivity index (χ3v) is 7.59. The van der Waals surface area contributed by atoms with Crippen LogP contribution in [0.4, 0.5) is 4.79 Å². The number of benzene rings is 3. The molecule has 1 saturated heterocycles. The number of rotatable bonds is 6. The van der Waals surface area contributed by atoms with Gasteiger partial charge in [-0.2, -0.15) is 0 Å². The molecule has 0 spiro atoms. The molecule has 3 aromatic carbocycles. The Hall–Kier alpha value is -3.36. The summed E-state index contributed by atoms with van der Waals surface area (Å²) in [5.74, 6) is 0.850. The number of carbonyl (C=O) groups is 1. The van der Waals surface area contributed by atoms with E-state index in [4.69, 9.17) is 14.0 Å². The summed E-state index contributed by atoms with van der Waals surface area (Å²) in [6, 6.07) is 21.7. The smallest absolute Gasteiger partial charge is 0.409 e. The van der Waals surface area contributed by atoms with E-state index < -0.39 is 6.10 Å². The Balaban J connectivity index is 1.49. The van der Waals surface area contributed by atoms with Gasteiger partial charge in [0.05, 0.1) is 12.7 Å². The topological polar surface area (TPSA) is 85.0 Å². The number of amides is 1. The number of aliphatic hydroxyl groups is 1. The molecule has 1 aliphatic heterocycles. The van der Waals surface area contributed by atoms with Gasteiger partial charge in [-0.3, -0.25) is 0 Å². The zero-order chi connectivity index (χ0) is 25.1. The molecule has 0 bridgehead atoms. The van der Waals surface area contributed by atoms with Crippen molar-refractivity contribution in [2.45, 2.75) is 31.5 Å². The van der Waals surface area contributed by atoms with Crippen molar-refractivity contribution >= 4 is 32.8 Å². The Morgan fingerprint density at radius 1 is 1.11 bits per heavy atom. The molecule has 1 atom stereocenters. The highest BCUT2D eigenvalue weighted by Gasteiger charge is 2.34. The lowest BCUT2D eigenvalue weighted by Gasteiger charge is -2.30. The highest BCUT2D eigenvalue weighted by molar-refractivity contribution is 9.10. The minimum atomic E-state index is -1.02. The Morgan fingerprint density at radius 2 is 1.83 bits per heavy atom. The molecule has 1 unspecified atom stereocenters. The van der Waals surface area contributed by atoms with E-state index in [0.29, 0.717) is 49.4 Å². The van der Waals surface area contributed by atoms with Gasteiger partial charge in [0, 0.05) is 29.0 Å². The van der Waals surface area contributed by atoms with Crippen molar-refractivity contribution in [2.75, 3.05) is 20.2 Å². The van der Waals surface area contributed by atoms with Gasteiger partial charge in [0.25, 0.3) is 5.88 Å². The first kappa shape index (κ1) is 24.3. The molecular formula is C28H27BrN2O5. The summed E-state index contributed by atoms with van der Waals surface area (Å²) >= 11 is 3.71. The second kappa shape index (κ2) is 10.7. The van der Waals surface area contributed by atoms with Crippen molar-refractivity contribution in [3.05, 3.63) is 93.7 Å². The van der Waals surface area contributed by atoms with Crippen molar-refractivity contribution in [2.24, 2.45) is 0 Å². The van der Waals surface area contributed by atoms with Crippen LogP contribution in [0.25, 0.3) is 10.8 Å². The number of fused-ring (bicyclic) bond motifs is 1. The van der Waals surface area contributed by atoms with Gasteiger partial charge in [-0.25, -0.2) is 4.79 Å². The average Bonchev–Trinajstić information content (AvgIpc) is 3.36. The maximum Gasteiger partial charge on any atom is 0.409 e. The van der Waals surface area contributed by atoms with E-state index in [9.17, 15) is 9.90 Å². The summed E-state index contributed by atoms with van der Waals surface area (Å²) < 4.78 is 17.6. The maximum atomic E-state index is 11.9. The van der Waals surface area contributed by atoms with Crippen LogP contribution >= 0.6 is 15.9 Å². The highest BCUT2D eigenvalue weighted by atomic mass is 79.9. The van der Waals surface area contributed by atoms with Crippen molar-refractivity contribution in [3.63, 3.8) is 0 Å². The number of nitrogens with zero attached hydrogens (tertiary/aromatic N) is 2. The van der Waals surface area contributed by atoms with Crippen LogP contribution in [-0.4, -0.2) is 41.5 Å². The molecule has 0 radical (unpaired) electrons. The second-order valence-electron chi connectivity index (χ2n) is 8.86. The van der Waals surface area contributed by atoms with Crippen LogP contribution in [0.3, 0.4) is 0 Å². The number of hydrogen-bond acceptors (Lipinski definition) is 6. The summed E-state index contributed by atoms with van der Waals surface area (Å²) in [6.45, 7) is 1.37. The normalized spacial score (nSPS) is 15.1. The average molecular weight is 551 g/mol. The first-order chi connectivity index (χ1) is 17.6. The van der Waals surface area contributed by atoms with E-state index in [1.54, 1.807) is 4.90 Å². The number of likely N-dealkylation sites (tertiary alicyclic amines) is 1. The summed E-state index contributed by atoms with van der Waals surface area (Å²) in [7, 11) is 1.39. The Labute approximate surface area is 217 Å². The molecule has 7 nitrogen and oxygen atoms in total. The standard InChI is InChI=1S/C28H27BrN2O5/c1-34-28(33)31-15-13-20(14-16-31)26-23(27(30-36-26)35-17-18-7-3-2-4-8-18)25(32)22-12-11-19-9-5-6-10-21(19)24(22)29/h2-12,20,25,32H,13-17H2,1H3. The van der Waals surface area contributed by atoms with E-state index in [1.165, 1.54) is 7.11 Å². The molecule has 0 saturated carbocycles. The van der Waals surface area contributed by atoms with Crippen molar-refractivity contribution in [1.29, 1.82) is 0 Å². The second-order valence-corrected chi connectivity index (χ2v) is 9.66. The first-order valence-corrected chi connectivity index (χ1v) is 12.7. The third kappa shape index (κ3) is 4.83. The van der Waals surface area contributed by atoms with E-state index in [1.807, 2.05) is 66.7 Å². The number of aromatic nitrogens is 1. The Bertz CT molecular complexity index is 1350. The molecule has 36 heavy (non-hydrogen) atoms. The maximum absolute atomic E-state index is 11.9. The molecule has 1 N–H and O–H groups in total. The molecular weight excluding hydrogens is 524 g/mol. The Morgan fingerprint density at radius 3 is 2.58 bits per heavy atom. The monoisotopic (exact) mass is 550 g/mol. The number of hydrogen-bond donors (Lipinski definition) is 1. The SMILES string of the molecule is COC(=O)N1CCC(c2onc(OCc3ccccc3)c2C(O)c2ccc3ccccc3c2Br)CC1. The highest BCUT2D eigenvalue weighted by Crippen LogP contribution is 2.43. The van der Waals surface area contributed by atoms with Gasteiger partial charge in [0.2, 0.25) is 0 Å². The predicted octanol–water partition coefficient (Wildman–Crippen LogP) is 6.20. The number of halogens is 1. The lowest BCUT2D eigenvalue weighted by atomic mass is 9.89. The predicted molar refractivity (Wildman–Crippen MR) is 139 cm³/mol. The van der Waals surface area contributed by atoms with E-state index in [0.717, 1.165) is 20.8 Å². The fourth-order valence-electron chi connectivity index (χ4n) is 4.74. The third-order valence-electron chi connectivity index (χ3n) is 6.70. The molecule has 0 aliphatic carbocycles. The number of carbonyl (C=O) groups excluding carboxylic acids is 1. The van der Waals surface area contributed by atoms with Gasteiger partial charge in [-0.15, -0.1) is 0 Å². The van der Waals surface area contributed by atoms with Crippen LogP contribution in [0.5, 0.6) is 5.88 Å². The van der Waals surface area contributed by atoms with E-state index in [2.05, 4.69) is 21.1 Å². The van der Waals surface area contributed by atoms with Crippen molar-refractivity contribution in [3.8, 4) is 5.88 Å². The van der Waals surface area contributed by atoms with E-state index >= 15 is 0 Å². The van der Waals surface area contributed by atoms with Crippen LogP contribution in [0, 0.1) is 0 Å². The van der Waals surface area contributed by atoms with Gasteiger partial charge in [0.15, 0.2) is 0 Å². The van der Waals surface area contributed by atoms with Crippen LogP contribution in [-0.2, 0) is 11.3 Å². The summed E-state index contributed by atoms with van der Waals surface area (Å²) in [6.07, 6.45) is -0.0184. The van der Waals surface area contributed by atoms with Crippen LogP contribution in [0.2, 0.25) is 0 Å². The lowest BCUT2D eigenvalue weighted by Crippen LogP contribution is -2.37. The van der Waals surface area contributed by atoms with Crippen molar-refractivity contribution in [1.82, 2.24) is 10.1 Å². The number of piperidine rings is 1. The molecule has 4 aromatic rings. The summed E-state index contributed by atoms with van der Waals surface area (Å²) in [4.78, 5) is 13.6. The molecule has 186 valence electrons. The number of ether oxygens (including phenoxy) is 2. The largest absolute Gasteiger partial charge is 0.470 e. The molecule has 1 aromatic heterocycles. The molecule has 5 rings (SSSR count). The quantitative estimate of drug-likeness (QED) is 0.307.